The second-order valence-corrected chi connectivity index (χ2v) is 6.67. The van der Waals surface area contributed by atoms with Crippen LogP contribution in [0.4, 0.5) is 0 Å². The maximum atomic E-state index is 10.6. The first kappa shape index (κ1) is 18.9. The maximum Gasteiger partial charge on any atom is 0.203 e. The van der Waals surface area contributed by atoms with Gasteiger partial charge in [-0.3, -0.25) is 0 Å². The lowest BCUT2D eigenvalue weighted by Crippen LogP contribution is -2.17. The predicted octanol–water partition coefficient (Wildman–Crippen LogP) is 4.15. The standard InChI is InChI=1S/C15H33NO2S/c1-3-4-5-6-7-8-9-10-11-12-13-14-15-16(2)19(17)18/h19H,3-15H2,1-2H3. The van der Waals surface area contributed by atoms with E-state index >= 15 is 0 Å². The number of rotatable bonds is 14. The highest BCUT2D eigenvalue weighted by atomic mass is 32.2. The van der Waals surface area contributed by atoms with E-state index in [-0.39, 0.29) is 0 Å². The molecule has 0 radical (unpaired) electrons. The fourth-order valence-corrected chi connectivity index (χ4v) is 2.57. The van der Waals surface area contributed by atoms with E-state index in [0.29, 0.717) is 6.54 Å². The van der Waals surface area contributed by atoms with Gasteiger partial charge in [0, 0.05) is 13.6 Å². The first-order chi connectivity index (χ1) is 9.18. The smallest absolute Gasteiger partial charge is 0.203 e. The first-order valence-electron chi connectivity index (χ1n) is 8.04. The summed E-state index contributed by atoms with van der Waals surface area (Å²) in [5, 5.41) is 0. The van der Waals surface area contributed by atoms with Crippen molar-refractivity contribution in [2.45, 2.75) is 84.0 Å². The van der Waals surface area contributed by atoms with Crippen LogP contribution in [0.25, 0.3) is 0 Å². The molecule has 0 fully saturated rings. The molecule has 0 aliphatic heterocycles. The molecule has 0 rings (SSSR count). The van der Waals surface area contributed by atoms with Gasteiger partial charge >= 0.3 is 0 Å². The lowest BCUT2D eigenvalue weighted by Gasteiger charge is -2.07. The van der Waals surface area contributed by atoms with E-state index in [1.54, 1.807) is 7.05 Å². The minimum atomic E-state index is -2.37. The van der Waals surface area contributed by atoms with Gasteiger partial charge in [0.15, 0.2) is 0 Å². The molecular formula is C15H33NO2S. The number of hydrogen-bond acceptors (Lipinski definition) is 2. The molecule has 4 heteroatoms. The Morgan fingerprint density at radius 2 is 1.05 bits per heavy atom. The van der Waals surface area contributed by atoms with Crippen LogP contribution >= 0.6 is 0 Å². The van der Waals surface area contributed by atoms with Crippen LogP contribution in [-0.2, 0) is 10.9 Å². The van der Waals surface area contributed by atoms with E-state index in [0.717, 1.165) is 12.8 Å². The number of nitrogens with zero attached hydrogens (tertiary/aromatic N) is 1. The summed E-state index contributed by atoms with van der Waals surface area (Å²) in [5.74, 6) is 0. The molecule has 0 bridgehead atoms. The summed E-state index contributed by atoms with van der Waals surface area (Å²) in [4.78, 5) is 0. The van der Waals surface area contributed by atoms with Crippen LogP contribution in [0.5, 0.6) is 0 Å². The Balaban J connectivity index is 3.07. The summed E-state index contributed by atoms with van der Waals surface area (Å²) >= 11 is 0. The van der Waals surface area contributed by atoms with E-state index in [2.05, 4.69) is 6.92 Å². The third-order valence-electron chi connectivity index (χ3n) is 3.61. The molecule has 0 aliphatic carbocycles. The van der Waals surface area contributed by atoms with Crippen molar-refractivity contribution in [2.24, 2.45) is 0 Å². The fourth-order valence-electron chi connectivity index (χ4n) is 2.26. The quantitative estimate of drug-likeness (QED) is 0.386. The van der Waals surface area contributed by atoms with E-state index in [1.807, 2.05) is 0 Å². The van der Waals surface area contributed by atoms with Gasteiger partial charge in [-0.2, -0.15) is 0 Å². The SMILES string of the molecule is CCCCCCCCCCCCCCN(C)[SH](=O)=O. The van der Waals surface area contributed by atoms with Crippen LogP contribution in [0.2, 0.25) is 0 Å². The predicted molar refractivity (Wildman–Crippen MR) is 84.0 cm³/mol. The number of hydrogen-bond donors (Lipinski definition) is 1. The van der Waals surface area contributed by atoms with Gasteiger partial charge in [0.2, 0.25) is 10.9 Å². The van der Waals surface area contributed by atoms with Gasteiger partial charge in [0.1, 0.15) is 0 Å². The van der Waals surface area contributed by atoms with Gasteiger partial charge in [0.25, 0.3) is 0 Å². The van der Waals surface area contributed by atoms with Crippen molar-refractivity contribution >= 4 is 10.9 Å². The highest BCUT2D eigenvalue weighted by molar-refractivity contribution is 7.69. The minimum absolute atomic E-state index is 0.677. The van der Waals surface area contributed by atoms with Crippen molar-refractivity contribution in [3.05, 3.63) is 0 Å². The van der Waals surface area contributed by atoms with Gasteiger partial charge in [-0.1, -0.05) is 77.6 Å². The first-order valence-corrected chi connectivity index (χ1v) is 9.17. The van der Waals surface area contributed by atoms with Crippen molar-refractivity contribution < 1.29 is 8.42 Å². The molecule has 0 aromatic heterocycles. The molecule has 116 valence electrons. The molecule has 0 unspecified atom stereocenters. The Kier molecular flexibility index (Phi) is 14.3. The third kappa shape index (κ3) is 14.1. The lowest BCUT2D eigenvalue weighted by molar-refractivity contribution is 0.461. The second kappa shape index (κ2) is 14.3. The van der Waals surface area contributed by atoms with Crippen LogP contribution < -0.4 is 0 Å². The van der Waals surface area contributed by atoms with Gasteiger partial charge < -0.3 is 0 Å². The Labute approximate surface area is 121 Å². The van der Waals surface area contributed by atoms with Gasteiger partial charge in [-0.05, 0) is 6.42 Å². The molecule has 0 heterocycles. The normalized spacial score (nSPS) is 11.6. The summed E-state index contributed by atoms with van der Waals surface area (Å²) < 4.78 is 22.6. The second-order valence-electron chi connectivity index (χ2n) is 5.51. The molecule has 0 aromatic carbocycles. The van der Waals surface area contributed by atoms with Crippen LogP contribution in [0.1, 0.15) is 84.0 Å². The fraction of sp³-hybridized carbons (Fsp3) is 1.00. The van der Waals surface area contributed by atoms with Crippen LogP contribution in [0.3, 0.4) is 0 Å². The molecule has 0 saturated heterocycles. The van der Waals surface area contributed by atoms with Crippen molar-refractivity contribution in [3.8, 4) is 0 Å². The molecule has 0 atom stereocenters. The summed E-state index contributed by atoms with van der Waals surface area (Å²) in [7, 11) is -0.725. The Morgan fingerprint density at radius 1 is 0.684 bits per heavy atom. The summed E-state index contributed by atoms with van der Waals surface area (Å²) in [6, 6.07) is 0. The van der Waals surface area contributed by atoms with Crippen molar-refractivity contribution in [2.75, 3.05) is 13.6 Å². The summed E-state index contributed by atoms with van der Waals surface area (Å²) in [6.45, 7) is 2.93. The largest absolute Gasteiger partial charge is 0.215 e. The zero-order valence-electron chi connectivity index (χ0n) is 12.9. The monoisotopic (exact) mass is 291 g/mol. The Morgan fingerprint density at radius 3 is 1.42 bits per heavy atom. The van der Waals surface area contributed by atoms with Gasteiger partial charge in [-0.25, -0.2) is 12.7 Å². The highest BCUT2D eigenvalue weighted by Gasteiger charge is 1.98. The van der Waals surface area contributed by atoms with Crippen molar-refractivity contribution in [1.29, 1.82) is 0 Å². The Hall–Kier alpha value is -0.0900. The van der Waals surface area contributed by atoms with E-state index in [9.17, 15) is 8.42 Å². The average Bonchev–Trinajstić information content (AvgIpc) is 2.39. The van der Waals surface area contributed by atoms with Gasteiger partial charge in [0.05, 0.1) is 0 Å². The molecule has 0 N–H and O–H groups in total. The zero-order chi connectivity index (χ0) is 14.3. The van der Waals surface area contributed by atoms with Crippen molar-refractivity contribution in [1.82, 2.24) is 4.31 Å². The zero-order valence-corrected chi connectivity index (χ0v) is 13.8. The molecular weight excluding hydrogens is 258 g/mol. The number of thiol groups is 1. The summed E-state index contributed by atoms with van der Waals surface area (Å²) in [6.07, 6.45) is 15.8. The molecule has 0 saturated carbocycles. The molecule has 19 heavy (non-hydrogen) atoms. The molecule has 3 nitrogen and oxygen atoms in total. The number of unbranched alkanes of at least 4 members (excludes halogenated alkanes) is 11. The summed E-state index contributed by atoms with van der Waals surface area (Å²) in [5.41, 5.74) is 0. The minimum Gasteiger partial charge on any atom is -0.215 e. The van der Waals surface area contributed by atoms with Crippen LogP contribution in [0.15, 0.2) is 0 Å². The topological polar surface area (TPSA) is 37.4 Å². The molecule has 0 amide bonds. The van der Waals surface area contributed by atoms with E-state index < -0.39 is 10.9 Å². The molecule has 0 aliphatic rings. The average molecular weight is 292 g/mol. The Bertz CT molecular complexity index is 247. The van der Waals surface area contributed by atoms with Crippen molar-refractivity contribution in [3.63, 3.8) is 0 Å². The van der Waals surface area contributed by atoms with Crippen LogP contribution in [-0.4, -0.2) is 26.3 Å². The maximum absolute atomic E-state index is 10.6. The molecule has 0 aromatic rings. The van der Waals surface area contributed by atoms with E-state index in [1.165, 1.54) is 68.5 Å². The van der Waals surface area contributed by atoms with E-state index in [4.69, 9.17) is 0 Å². The molecule has 0 spiro atoms. The third-order valence-corrected chi connectivity index (χ3v) is 4.37. The lowest BCUT2D eigenvalue weighted by atomic mass is 10.1. The van der Waals surface area contributed by atoms with Gasteiger partial charge in [-0.15, -0.1) is 0 Å². The highest BCUT2D eigenvalue weighted by Crippen LogP contribution is 2.11. The van der Waals surface area contributed by atoms with Crippen LogP contribution in [0, 0.1) is 0 Å².